The molecule has 2 amide bonds. The van der Waals surface area contributed by atoms with E-state index in [9.17, 15) is 14.0 Å². The molecule has 0 fully saturated rings. The summed E-state index contributed by atoms with van der Waals surface area (Å²) in [6.45, 7) is 0.0994. The monoisotopic (exact) mass is 263 g/mol. The number of hydrogen-bond acceptors (Lipinski definition) is 3. The van der Waals surface area contributed by atoms with Crippen LogP contribution in [0.4, 0.5) is 4.39 Å². The number of benzene rings is 1. The van der Waals surface area contributed by atoms with Crippen molar-refractivity contribution in [2.45, 2.75) is 19.4 Å². The molecular formula is C13H14FN3O2. The van der Waals surface area contributed by atoms with Gasteiger partial charge in [-0.15, -0.1) is 0 Å². The van der Waals surface area contributed by atoms with Crippen molar-refractivity contribution in [3.05, 3.63) is 35.6 Å². The largest absolute Gasteiger partial charge is 0.347 e. The predicted molar refractivity (Wildman–Crippen MR) is 67.7 cm³/mol. The molecule has 0 atom stereocenters. The lowest BCUT2D eigenvalue weighted by atomic mass is 10.1. The molecular weight excluding hydrogens is 249 g/mol. The Labute approximate surface area is 110 Å². The smallest absolute Gasteiger partial charge is 0.267 e. The first-order valence-electron chi connectivity index (χ1n) is 5.93. The van der Waals surface area contributed by atoms with Crippen LogP contribution in [-0.4, -0.2) is 29.6 Å². The molecule has 1 aromatic carbocycles. The molecule has 0 saturated carbocycles. The highest BCUT2D eigenvalue weighted by Gasteiger charge is 2.21. The van der Waals surface area contributed by atoms with Gasteiger partial charge in [0.05, 0.1) is 0 Å². The first-order chi connectivity index (χ1) is 9.08. The Morgan fingerprint density at radius 1 is 1.42 bits per heavy atom. The lowest BCUT2D eigenvalue weighted by molar-refractivity contribution is -0.130. The van der Waals surface area contributed by atoms with Crippen molar-refractivity contribution in [3.8, 4) is 0 Å². The van der Waals surface area contributed by atoms with Crippen LogP contribution in [0.25, 0.3) is 0 Å². The number of carbonyl (C=O) groups is 2. The lowest BCUT2D eigenvalue weighted by Gasteiger charge is -2.18. The van der Waals surface area contributed by atoms with Crippen LogP contribution in [0.3, 0.4) is 0 Å². The molecule has 0 radical (unpaired) electrons. The van der Waals surface area contributed by atoms with E-state index in [4.69, 9.17) is 0 Å². The molecule has 0 saturated heterocycles. The summed E-state index contributed by atoms with van der Waals surface area (Å²) in [7, 11) is 1.51. The van der Waals surface area contributed by atoms with Crippen molar-refractivity contribution in [3.63, 3.8) is 0 Å². The van der Waals surface area contributed by atoms with Crippen LogP contribution in [0.1, 0.15) is 18.4 Å². The highest BCUT2D eigenvalue weighted by Crippen LogP contribution is 2.08. The number of halogens is 1. The Kier molecular flexibility index (Phi) is 3.89. The number of hydrogen-bond donors (Lipinski definition) is 1. The third-order valence-corrected chi connectivity index (χ3v) is 2.87. The minimum absolute atomic E-state index is 0.0994. The molecule has 0 aliphatic carbocycles. The van der Waals surface area contributed by atoms with Crippen LogP contribution in [0, 0.1) is 5.82 Å². The highest BCUT2D eigenvalue weighted by atomic mass is 19.1. The van der Waals surface area contributed by atoms with E-state index in [0.29, 0.717) is 17.7 Å². The summed E-state index contributed by atoms with van der Waals surface area (Å²) in [6.07, 6.45) is 0.578. The number of nitrogens with one attached hydrogen (secondary N) is 1. The first-order valence-corrected chi connectivity index (χ1v) is 5.93. The van der Waals surface area contributed by atoms with Gasteiger partial charge in [-0.1, -0.05) is 18.2 Å². The number of rotatable bonds is 3. The van der Waals surface area contributed by atoms with E-state index in [1.165, 1.54) is 13.1 Å². The maximum absolute atomic E-state index is 13.4. The van der Waals surface area contributed by atoms with Gasteiger partial charge in [0, 0.05) is 32.0 Å². The van der Waals surface area contributed by atoms with Gasteiger partial charge >= 0.3 is 0 Å². The maximum Gasteiger partial charge on any atom is 0.267 e. The summed E-state index contributed by atoms with van der Waals surface area (Å²) < 4.78 is 13.4. The Bertz CT molecular complexity index is 542. The Morgan fingerprint density at radius 2 is 2.16 bits per heavy atom. The van der Waals surface area contributed by atoms with Crippen LogP contribution in [0.15, 0.2) is 29.4 Å². The predicted octanol–water partition coefficient (Wildman–Crippen LogP) is 1.05. The van der Waals surface area contributed by atoms with Gasteiger partial charge in [-0.25, -0.2) is 9.40 Å². The number of hydrazone groups is 1. The molecule has 5 nitrogen and oxygen atoms in total. The van der Waals surface area contributed by atoms with Gasteiger partial charge in [0.15, 0.2) is 0 Å². The van der Waals surface area contributed by atoms with Crippen molar-refractivity contribution in [2.24, 2.45) is 5.10 Å². The van der Waals surface area contributed by atoms with Crippen molar-refractivity contribution >= 4 is 17.5 Å². The van der Waals surface area contributed by atoms with E-state index in [1.807, 2.05) is 0 Å². The van der Waals surface area contributed by atoms with Crippen molar-refractivity contribution in [2.75, 3.05) is 7.05 Å². The van der Waals surface area contributed by atoms with E-state index in [1.54, 1.807) is 18.2 Å². The Morgan fingerprint density at radius 3 is 2.84 bits per heavy atom. The zero-order valence-corrected chi connectivity index (χ0v) is 10.5. The molecule has 100 valence electrons. The van der Waals surface area contributed by atoms with Gasteiger partial charge in [-0.2, -0.15) is 5.10 Å². The summed E-state index contributed by atoms with van der Waals surface area (Å²) in [6, 6.07) is 6.24. The number of nitrogens with zero attached hydrogens (tertiary/aromatic N) is 2. The lowest BCUT2D eigenvalue weighted by Crippen LogP contribution is -2.37. The molecule has 0 spiro atoms. The minimum atomic E-state index is -0.373. The van der Waals surface area contributed by atoms with Crippen LogP contribution in [-0.2, 0) is 16.1 Å². The molecule has 0 bridgehead atoms. The average Bonchev–Trinajstić information content (AvgIpc) is 2.40. The number of carbonyl (C=O) groups excluding carboxylic acids is 2. The quantitative estimate of drug-likeness (QED) is 0.886. The molecule has 6 heteroatoms. The van der Waals surface area contributed by atoms with Crippen LogP contribution >= 0.6 is 0 Å². The van der Waals surface area contributed by atoms with Gasteiger partial charge in [0.25, 0.3) is 5.91 Å². The van der Waals surface area contributed by atoms with Gasteiger partial charge < -0.3 is 5.32 Å². The highest BCUT2D eigenvalue weighted by molar-refractivity contribution is 6.39. The zero-order chi connectivity index (χ0) is 13.8. The van der Waals surface area contributed by atoms with Crippen LogP contribution in [0.5, 0.6) is 0 Å². The summed E-state index contributed by atoms with van der Waals surface area (Å²) >= 11 is 0. The second-order valence-electron chi connectivity index (χ2n) is 4.24. The average molecular weight is 263 g/mol. The van der Waals surface area contributed by atoms with Crippen LogP contribution in [0.2, 0.25) is 0 Å². The molecule has 1 aliphatic heterocycles. The van der Waals surface area contributed by atoms with E-state index in [-0.39, 0.29) is 30.6 Å². The fraction of sp³-hybridized carbons (Fsp3) is 0.308. The van der Waals surface area contributed by atoms with E-state index in [0.717, 1.165) is 5.01 Å². The zero-order valence-electron chi connectivity index (χ0n) is 10.5. The normalized spacial score (nSPS) is 15.2. The van der Waals surface area contributed by atoms with Gasteiger partial charge in [0.1, 0.15) is 11.5 Å². The molecule has 1 heterocycles. The Hall–Kier alpha value is -2.24. The van der Waals surface area contributed by atoms with Crippen molar-refractivity contribution < 1.29 is 14.0 Å². The van der Waals surface area contributed by atoms with Crippen molar-refractivity contribution in [1.82, 2.24) is 10.3 Å². The summed E-state index contributed by atoms with van der Waals surface area (Å²) in [5.41, 5.74) is 0.704. The molecule has 0 aromatic heterocycles. The SMILES string of the molecule is CN1N=C(C(=O)NCc2ccccc2F)CCC1=O. The van der Waals surface area contributed by atoms with Crippen LogP contribution < -0.4 is 5.32 Å². The van der Waals surface area contributed by atoms with Gasteiger partial charge in [-0.3, -0.25) is 9.59 Å². The molecule has 2 rings (SSSR count). The second kappa shape index (κ2) is 5.60. The molecule has 1 aliphatic rings. The second-order valence-corrected chi connectivity index (χ2v) is 4.24. The first kappa shape index (κ1) is 13.2. The third-order valence-electron chi connectivity index (χ3n) is 2.87. The summed E-state index contributed by atoms with van der Waals surface area (Å²) in [4.78, 5) is 23.1. The minimum Gasteiger partial charge on any atom is -0.347 e. The fourth-order valence-corrected chi connectivity index (χ4v) is 1.75. The maximum atomic E-state index is 13.4. The molecule has 19 heavy (non-hydrogen) atoms. The van der Waals surface area contributed by atoms with E-state index >= 15 is 0 Å². The van der Waals surface area contributed by atoms with E-state index < -0.39 is 0 Å². The van der Waals surface area contributed by atoms with E-state index in [2.05, 4.69) is 10.4 Å². The topological polar surface area (TPSA) is 61.8 Å². The molecule has 1 N–H and O–H groups in total. The molecule has 1 aromatic rings. The molecule has 0 unspecified atom stereocenters. The third kappa shape index (κ3) is 3.15. The Balaban J connectivity index is 1.97. The fourth-order valence-electron chi connectivity index (χ4n) is 1.75. The van der Waals surface area contributed by atoms with Gasteiger partial charge in [0.2, 0.25) is 5.91 Å². The standard InChI is InChI=1S/C13H14FN3O2/c1-17-12(18)7-6-11(16-17)13(19)15-8-9-4-2-3-5-10(9)14/h2-5H,6-8H2,1H3,(H,15,19). The van der Waals surface area contributed by atoms with Crippen molar-refractivity contribution in [1.29, 1.82) is 0 Å². The summed E-state index contributed by atoms with van der Waals surface area (Å²) in [5.74, 6) is -0.853. The number of amides is 2. The summed E-state index contributed by atoms with van der Waals surface area (Å²) in [5, 5.41) is 7.64. The van der Waals surface area contributed by atoms with Gasteiger partial charge in [-0.05, 0) is 6.07 Å².